The zero-order valence-electron chi connectivity index (χ0n) is 28.5. The van der Waals surface area contributed by atoms with Crippen LogP contribution < -0.4 is 0 Å². The molecule has 0 amide bonds. The number of aliphatic carboxylic acids is 2. The monoisotopic (exact) mass is 625 g/mol. The van der Waals surface area contributed by atoms with Gasteiger partial charge in [-0.15, -0.1) is 0 Å². The van der Waals surface area contributed by atoms with Gasteiger partial charge in [0.05, 0.1) is 23.9 Å². The Kier molecular flexibility index (Phi) is 7.55. The van der Waals surface area contributed by atoms with Gasteiger partial charge in [-0.1, -0.05) is 33.3 Å². The van der Waals surface area contributed by atoms with E-state index in [0.717, 1.165) is 38.5 Å². The molecule has 2 N–H and O–H groups in total. The summed E-state index contributed by atoms with van der Waals surface area (Å²) >= 11 is 0. The zero-order valence-corrected chi connectivity index (χ0v) is 28.5. The first-order valence-corrected chi connectivity index (χ1v) is 17.5. The van der Waals surface area contributed by atoms with Crippen LogP contribution in [0.4, 0.5) is 0 Å². The number of allylic oxidation sites excluding steroid dienone is 2. The van der Waals surface area contributed by atoms with Crippen molar-refractivity contribution in [3.05, 3.63) is 11.6 Å². The van der Waals surface area contributed by atoms with Gasteiger partial charge < -0.3 is 14.9 Å². The molecule has 0 aromatic carbocycles. The molecule has 0 bridgehead atoms. The van der Waals surface area contributed by atoms with E-state index < -0.39 is 28.2 Å². The molecule has 45 heavy (non-hydrogen) atoms. The molecule has 0 unspecified atom stereocenters. The summed E-state index contributed by atoms with van der Waals surface area (Å²) in [6.07, 6.45) is 10.4. The second-order valence-electron chi connectivity index (χ2n) is 17.5. The molecule has 6 aliphatic rings. The van der Waals surface area contributed by atoms with E-state index >= 15 is 0 Å². The number of piperidine rings is 1. The number of carbonyl (C=O) groups excluding carboxylic acids is 2. The van der Waals surface area contributed by atoms with E-state index in [1.165, 1.54) is 12.7 Å². The van der Waals surface area contributed by atoms with Crippen LogP contribution >= 0.6 is 0 Å². The molecule has 5 fully saturated rings. The van der Waals surface area contributed by atoms with E-state index in [-0.39, 0.29) is 57.7 Å². The third-order valence-electron chi connectivity index (χ3n) is 15.7. The second-order valence-corrected chi connectivity index (χ2v) is 17.5. The largest absolute Gasteiger partial charge is 0.481 e. The lowest BCUT2D eigenvalue weighted by molar-refractivity contribution is -0.209. The molecule has 0 radical (unpaired) electrons. The van der Waals surface area contributed by atoms with Gasteiger partial charge in [0.25, 0.3) is 0 Å². The summed E-state index contributed by atoms with van der Waals surface area (Å²) in [6, 6.07) is -0.150. The minimum Gasteiger partial charge on any atom is -0.481 e. The highest BCUT2D eigenvalue weighted by molar-refractivity contribution is 5.96. The van der Waals surface area contributed by atoms with Gasteiger partial charge >= 0.3 is 17.9 Å². The summed E-state index contributed by atoms with van der Waals surface area (Å²) in [4.78, 5) is 55.0. The number of carboxylic acid groups (broad SMARTS) is 2. The molecule has 0 aromatic heterocycles. The maximum Gasteiger partial charge on any atom is 0.311 e. The van der Waals surface area contributed by atoms with Crippen LogP contribution in [0.1, 0.15) is 112 Å². The first-order chi connectivity index (χ1) is 20.9. The number of ether oxygens (including phenoxy) is 1. The van der Waals surface area contributed by atoms with Crippen molar-refractivity contribution in [1.29, 1.82) is 0 Å². The minimum atomic E-state index is -1.02. The molecule has 5 aliphatic carbocycles. The Hall–Kier alpha value is -2.22. The molecular formula is C37H55NO7. The molecule has 0 spiro atoms. The van der Waals surface area contributed by atoms with E-state index in [2.05, 4.69) is 32.6 Å². The first-order valence-electron chi connectivity index (χ1n) is 17.5. The van der Waals surface area contributed by atoms with Crippen molar-refractivity contribution in [3.8, 4) is 0 Å². The maximum absolute atomic E-state index is 14.7. The number of rotatable bonds is 4. The van der Waals surface area contributed by atoms with Gasteiger partial charge in [-0.3, -0.25) is 24.1 Å². The Labute approximate surface area is 268 Å². The third-order valence-corrected chi connectivity index (χ3v) is 15.7. The molecule has 8 heteroatoms. The van der Waals surface area contributed by atoms with Crippen LogP contribution in [0.2, 0.25) is 0 Å². The Balaban J connectivity index is 1.36. The highest BCUT2D eigenvalue weighted by Gasteiger charge is 2.72. The SMILES string of the molecule is COC(=O)C1CCN([C@H]2CC[C@@]3(C)[C@@H](CC[C@]4(C)[C@@H]3C(=O)C=C3[C@@H]5C[C@@](C)(C(=O)O)CC[C@]5(C)CC[C@]34C)[C@]2(C)C(=O)O)CC1. The van der Waals surface area contributed by atoms with Gasteiger partial charge in [0.1, 0.15) is 0 Å². The fraction of sp³-hybridized carbons (Fsp3) is 0.838. The van der Waals surface area contributed by atoms with Crippen LogP contribution in [0.5, 0.6) is 0 Å². The molecule has 6 rings (SSSR count). The van der Waals surface area contributed by atoms with Gasteiger partial charge in [0, 0.05) is 12.0 Å². The van der Waals surface area contributed by atoms with Crippen LogP contribution in [0.25, 0.3) is 0 Å². The molecule has 8 nitrogen and oxygen atoms in total. The number of nitrogens with zero attached hydrogens (tertiary/aromatic N) is 1. The highest BCUT2D eigenvalue weighted by atomic mass is 16.5. The van der Waals surface area contributed by atoms with E-state index in [4.69, 9.17) is 4.74 Å². The molecule has 4 saturated carbocycles. The molecular weight excluding hydrogens is 570 g/mol. The fourth-order valence-electron chi connectivity index (χ4n) is 12.5. The highest BCUT2D eigenvalue weighted by Crippen LogP contribution is 2.75. The normalized spacial score (nSPS) is 48.6. The van der Waals surface area contributed by atoms with Crippen molar-refractivity contribution in [2.75, 3.05) is 20.2 Å². The van der Waals surface area contributed by atoms with Crippen molar-refractivity contribution < 1.29 is 34.1 Å². The number of carboxylic acids is 2. The minimum absolute atomic E-state index is 0.00780. The van der Waals surface area contributed by atoms with Gasteiger partial charge in [-0.2, -0.15) is 0 Å². The van der Waals surface area contributed by atoms with Gasteiger partial charge in [-0.25, -0.2) is 0 Å². The van der Waals surface area contributed by atoms with E-state index in [1.54, 1.807) is 0 Å². The smallest absolute Gasteiger partial charge is 0.311 e. The summed E-state index contributed by atoms with van der Waals surface area (Å²) in [5.41, 5.74) is -1.68. The van der Waals surface area contributed by atoms with Crippen LogP contribution in [0.15, 0.2) is 11.6 Å². The topological polar surface area (TPSA) is 121 Å². The fourth-order valence-corrected chi connectivity index (χ4v) is 12.5. The van der Waals surface area contributed by atoms with Crippen molar-refractivity contribution in [2.45, 2.75) is 118 Å². The van der Waals surface area contributed by atoms with Crippen LogP contribution in [-0.2, 0) is 23.9 Å². The Bertz CT molecular complexity index is 1330. The van der Waals surface area contributed by atoms with Crippen molar-refractivity contribution >= 4 is 23.7 Å². The summed E-state index contributed by atoms with van der Waals surface area (Å²) in [6.45, 7) is 14.4. The van der Waals surface area contributed by atoms with Crippen LogP contribution in [0.3, 0.4) is 0 Å². The Morgan fingerprint density at radius 1 is 0.844 bits per heavy atom. The second kappa shape index (κ2) is 10.4. The lowest BCUT2D eigenvalue weighted by Crippen LogP contribution is -2.69. The number of esters is 1. The molecule has 10 atom stereocenters. The molecule has 1 saturated heterocycles. The summed E-state index contributed by atoms with van der Waals surface area (Å²) in [7, 11) is 1.42. The molecule has 0 aromatic rings. The predicted octanol–water partition coefficient (Wildman–Crippen LogP) is 6.37. The number of ketones is 1. The van der Waals surface area contributed by atoms with E-state index in [9.17, 15) is 29.4 Å². The van der Waals surface area contributed by atoms with Gasteiger partial charge in [-0.05, 0) is 137 Å². The van der Waals surface area contributed by atoms with Crippen LogP contribution in [-0.4, -0.2) is 65.0 Å². The van der Waals surface area contributed by atoms with Crippen molar-refractivity contribution in [2.24, 2.45) is 56.2 Å². The van der Waals surface area contributed by atoms with Crippen molar-refractivity contribution in [1.82, 2.24) is 4.90 Å². The number of hydrogen-bond donors (Lipinski definition) is 2. The van der Waals surface area contributed by atoms with Crippen LogP contribution in [0, 0.1) is 56.2 Å². The summed E-state index contributed by atoms with van der Waals surface area (Å²) in [5, 5.41) is 21.2. The average molecular weight is 626 g/mol. The molecule has 250 valence electrons. The summed E-state index contributed by atoms with van der Waals surface area (Å²) in [5.74, 6) is -2.07. The Morgan fingerprint density at radius 3 is 2.09 bits per heavy atom. The van der Waals surface area contributed by atoms with Gasteiger partial charge in [0.2, 0.25) is 0 Å². The predicted molar refractivity (Wildman–Crippen MR) is 169 cm³/mol. The lowest BCUT2D eigenvalue weighted by Gasteiger charge is -2.70. The lowest BCUT2D eigenvalue weighted by atomic mass is 9.33. The maximum atomic E-state index is 14.7. The van der Waals surface area contributed by atoms with E-state index in [1.807, 2.05) is 19.9 Å². The number of hydrogen-bond acceptors (Lipinski definition) is 6. The quantitative estimate of drug-likeness (QED) is 0.346. The summed E-state index contributed by atoms with van der Waals surface area (Å²) < 4.78 is 4.99. The Morgan fingerprint density at radius 2 is 1.49 bits per heavy atom. The standard InChI is InChI=1S/C37H55NO7/c1-32-14-15-33(2,30(41)42)21-24(32)23-20-25(39)28-34(3)12-9-27(38-18-10-22(11-19-38)29(40)45-7)37(6,31(43)44)26(34)8-13-36(28,5)35(23,4)17-16-32/h20,22,24,26-28H,8-19,21H2,1-7H3,(H,41,42)(H,43,44)/t24-,26+,27-,28+,32+,33-,34-,35+,36+,37-/m0/s1. The van der Waals surface area contributed by atoms with Gasteiger partial charge in [0.15, 0.2) is 5.78 Å². The van der Waals surface area contributed by atoms with Crippen molar-refractivity contribution in [3.63, 3.8) is 0 Å². The molecule has 1 aliphatic heterocycles. The average Bonchev–Trinajstić information content (AvgIpc) is 2.98. The first kappa shape index (κ1) is 32.7. The third kappa shape index (κ3) is 4.32. The number of likely N-dealkylation sites (tertiary alicyclic amines) is 1. The van der Waals surface area contributed by atoms with E-state index in [0.29, 0.717) is 45.2 Å². The number of fused-ring (bicyclic) bond motifs is 7. The molecule has 1 heterocycles. The number of methoxy groups -OCH3 is 1. The zero-order chi connectivity index (χ0) is 33.0. The number of carbonyl (C=O) groups is 4.